The van der Waals surface area contributed by atoms with Gasteiger partial charge in [0.2, 0.25) is 0 Å². The van der Waals surface area contributed by atoms with Crippen LogP contribution < -0.4 is 0 Å². The molecule has 1 heterocycles. The quantitative estimate of drug-likeness (QED) is 0.361. The van der Waals surface area contributed by atoms with Crippen molar-refractivity contribution >= 4 is 12.3 Å². The van der Waals surface area contributed by atoms with Crippen LogP contribution in [0.25, 0.3) is 0 Å². The van der Waals surface area contributed by atoms with Gasteiger partial charge in [0, 0.05) is 22.8 Å². The minimum atomic E-state index is -0.746. The maximum absolute atomic E-state index is 11.7. The van der Waals surface area contributed by atoms with E-state index in [0.717, 1.165) is 0 Å². The van der Waals surface area contributed by atoms with Gasteiger partial charge in [0.25, 0.3) is 0 Å². The number of aliphatic hydroxyl groups excluding tert-OH is 1. The zero-order valence-electron chi connectivity index (χ0n) is 11.0. The second-order valence-corrected chi connectivity index (χ2v) is 5.49. The lowest BCUT2D eigenvalue weighted by Gasteiger charge is -2.47. The third-order valence-electron chi connectivity index (χ3n) is 4.53. The largest absolute Gasteiger partial charge is 0.458 e. The van der Waals surface area contributed by atoms with E-state index in [9.17, 15) is 14.7 Å². The second-order valence-electron chi connectivity index (χ2n) is 5.49. The van der Waals surface area contributed by atoms with Crippen LogP contribution in [0.3, 0.4) is 0 Å². The van der Waals surface area contributed by atoms with Gasteiger partial charge in [-0.3, -0.25) is 4.79 Å². The molecule has 0 aromatic rings. The van der Waals surface area contributed by atoms with Crippen molar-refractivity contribution in [3.8, 4) is 0 Å². The molecule has 4 nitrogen and oxygen atoms in total. The highest BCUT2D eigenvalue weighted by atomic mass is 16.6. The molecule has 1 aliphatic carbocycles. The van der Waals surface area contributed by atoms with E-state index in [1.54, 1.807) is 13.0 Å². The van der Waals surface area contributed by atoms with Crippen LogP contribution in [0.4, 0.5) is 0 Å². The molecule has 4 heteroatoms. The molecular weight excluding hydrogens is 244 g/mol. The molecule has 5 atom stereocenters. The van der Waals surface area contributed by atoms with Crippen LogP contribution in [0.5, 0.6) is 0 Å². The summed E-state index contributed by atoms with van der Waals surface area (Å²) in [6, 6.07) is 0. The molecule has 0 radical (unpaired) electrons. The molecule has 0 spiro atoms. The van der Waals surface area contributed by atoms with E-state index in [1.807, 2.05) is 0 Å². The Kier molecular flexibility index (Phi) is 3.22. The summed E-state index contributed by atoms with van der Waals surface area (Å²) in [5.74, 6) is -1.20. The van der Waals surface area contributed by atoms with Crippen LogP contribution in [-0.4, -0.2) is 29.6 Å². The normalized spacial score (nSPS) is 41.4. The first kappa shape index (κ1) is 13.7. The summed E-state index contributed by atoms with van der Waals surface area (Å²) >= 11 is 0. The number of esters is 1. The Bertz CT molecular complexity index is 479. The zero-order valence-corrected chi connectivity index (χ0v) is 11.0. The summed E-state index contributed by atoms with van der Waals surface area (Å²) in [6.07, 6.45) is 1.42. The van der Waals surface area contributed by atoms with E-state index in [4.69, 9.17) is 4.74 Å². The van der Waals surface area contributed by atoms with Gasteiger partial charge in [-0.15, -0.1) is 6.58 Å². The highest BCUT2D eigenvalue weighted by Gasteiger charge is 2.57. The molecule has 1 saturated heterocycles. The van der Waals surface area contributed by atoms with Gasteiger partial charge in [-0.05, 0) is 12.0 Å². The van der Waals surface area contributed by atoms with Crippen LogP contribution in [0.1, 0.15) is 13.3 Å². The molecule has 1 aliphatic heterocycles. The summed E-state index contributed by atoms with van der Waals surface area (Å²) < 4.78 is 5.34. The van der Waals surface area contributed by atoms with Crippen molar-refractivity contribution in [2.75, 3.05) is 0 Å². The third kappa shape index (κ3) is 1.78. The average Bonchev–Trinajstić information content (AvgIpc) is 2.66. The smallest absolute Gasteiger partial charge is 0.334 e. The Morgan fingerprint density at radius 2 is 2.21 bits per heavy atom. The van der Waals surface area contributed by atoms with Crippen molar-refractivity contribution in [3.05, 3.63) is 37.0 Å². The molecule has 2 fully saturated rings. The summed E-state index contributed by atoms with van der Waals surface area (Å²) in [6.45, 7) is 13.0. The van der Waals surface area contributed by atoms with Gasteiger partial charge in [-0.2, -0.15) is 0 Å². The van der Waals surface area contributed by atoms with Crippen molar-refractivity contribution in [3.63, 3.8) is 0 Å². The van der Waals surface area contributed by atoms with Gasteiger partial charge in [0.15, 0.2) is 0 Å². The first-order chi connectivity index (χ1) is 8.86. The molecule has 0 bridgehead atoms. The van der Waals surface area contributed by atoms with Crippen LogP contribution in [-0.2, 0) is 14.3 Å². The van der Waals surface area contributed by atoms with Gasteiger partial charge in [0.1, 0.15) is 12.4 Å². The minimum Gasteiger partial charge on any atom is -0.458 e. The molecular formula is C15H18O4. The fourth-order valence-corrected chi connectivity index (χ4v) is 3.21. The Balaban J connectivity index is 2.50. The Morgan fingerprint density at radius 1 is 1.58 bits per heavy atom. The maximum Gasteiger partial charge on any atom is 0.334 e. The monoisotopic (exact) mass is 262 g/mol. The van der Waals surface area contributed by atoms with Gasteiger partial charge < -0.3 is 9.84 Å². The van der Waals surface area contributed by atoms with Crippen molar-refractivity contribution in [1.29, 1.82) is 0 Å². The molecule has 1 saturated carbocycles. The average molecular weight is 262 g/mol. The first-order valence-corrected chi connectivity index (χ1v) is 6.22. The Labute approximate surface area is 112 Å². The summed E-state index contributed by atoms with van der Waals surface area (Å²) in [7, 11) is 0. The number of ether oxygens (including phenoxy) is 1. The van der Waals surface area contributed by atoms with Crippen LogP contribution in [0, 0.1) is 17.3 Å². The highest BCUT2D eigenvalue weighted by molar-refractivity contribution is 5.91. The Morgan fingerprint density at radius 3 is 2.74 bits per heavy atom. The second kappa shape index (κ2) is 4.46. The number of aliphatic hydroxyl groups is 1. The van der Waals surface area contributed by atoms with E-state index in [1.165, 1.54) is 0 Å². The number of fused-ring (bicyclic) bond motifs is 1. The fraction of sp³-hybridized carbons (Fsp3) is 0.467. The molecule has 2 aliphatic rings. The number of carbonyl (C=O) groups is 2. The van der Waals surface area contributed by atoms with Gasteiger partial charge in [-0.1, -0.05) is 26.2 Å². The topological polar surface area (TPSA) is 63.6 Å². The number of rotatable bonds is 3. The molecule has 2 rings (SSSR count). The van der Waals surface area contributed by atoms with Crippen LogP contribution >= 0.6 is 0 Å². The van der Waals surface area contributed by atoms with Gasteiger partial charge >= 0.3 is 5.97 Å². The summed E-state index contributed by atoms with van der Waals surface area (Å²) in [5, 5.41) is 10.4. The predicted molar refractivity (Wildman–Crippen MR) is 70.1 cm³/mol. The van der Waals surface area contributed by atoms with Crippen LogP contribution in [0.2, 0.25) is 0 Å². The van der Waals surface area contributed by atoms with Crippen molar-refractivity contribution in [1.82, 2.24) is 0 Å². The molecule has 102 valence electrons. The van der Waals surface area contributed by atoms with E-state index < -0.39 is 29.5 Å². The number of hydrogen-bond acceptors (Lipinski definition) is 4. The third-order valence-corrected chi connectivity index (χ3v) is 4.53. The van der Waals surface area contributed by atoms with Crippen molar-refractivity contribution in [2.24, 2.45) is 17.3 Å². The number of hydrogen-bond donors (Lipinski definition) is 1. The maximum atomic E-state index is 11.7. The van der Waals surface area contributed by atoms with E-state index >= 15 is 0 Å². The molecule has 1 N–H and O–H groups in total. The van der Waals surface area contributed by atoms with E-state index in [2.05, 4.69) is 19.7 Å². The Hall–Kier alpha value is -1.68. The molecule has 0 unspecified atom stereocenters. The molecule has 0 amide bonds. The SMILES string of the molecule is C=C[C@@]1(C)[C@H](C(=C)C=O)[C@H]2OC(=O)C(=C)[C@@H]2C[C@@H]1O. The molecule has 0 aromatic carbocycles. The standard InChI is InChI=1S/C15H18O4/c1-5-15(4)11(17)6-10-9(3)14(18)19-13(10)12(15)8(2)7-16/h5,7,10-13,17H,1-3,6H2,4H3/t10-,11-,12+,13-,15+/m0/s1. The minimum absolute atomic E-state index is 0.266. The first-order valence-electron chi connectivity index (χ1n) is 6.22. The van der Waals surface area contributed by atoms with Crippen molar-refractivity contribution in [2.45, 2.75) is 25.6 Å². The number of aldehydes is 1. The zero-order chi connectivity index (χ0) is 14.4. The lowest BCUT2D eigenvalue weighted by Crippen LogP contribution is -2.52. The summed E-state index contributed by atoms with van der Waals surface area (Å²) in [4.78, 5) is 22.7. The van der Waals surface area contributed by atoms with Crippen molar-refractivity contribution < 1.29 is 19.4 Å². The molecule has 19 heavy (non-hydrogen) atoms. The lowest BCUT2D eigenvalue weighted by molar-refractivity contribution is -0.147. The highest BCUT2D eigenvalue weighted by Crippen LogP contribution is 2.52. The lowest BCUT2D eigenvalue weighted by atomic mass is 9.58. The predicted octanol–water partition coefficient (Wildman–Crippen LogP) is 1.41. The summed E-state index contributed by atoms with van der Waals surface area (Å²) in [5.41, 5.74) is -0.0816. The van der Waals surface area contributed by atoms with E-state index in [-0.39, 0.29) is 5.92 Å². The van der Waals surface area contributed by atoms with Gasteiger partial charge in [0.05, 0.1) is 6.10 Å². The molecule has 0 aromatic heterocycles. The van der Waals surface area contributed by atoms with E-state index in [0.29, 0.717) is 23.9 Å². The van der Waals surface area contributed by atoms with Gasteiger partial charge in [-0.25, -0.2) is 4.79 Å². The van der Waals surface area contributed by atoms with Crippen LogP contribution in [0.15, 0.2) is 37.0 Å². The number of carbonyl (C=O) groups excluding carboxylic acids is 2. The fourth-order valence-electron chi connectivity index (χ4n) is 3.21.